The van der Waals surface area contributed by atoms with Crippen molar-refractivity contribution >= 4 is 11.6 Å². The van der Waals surface area contributed by atoms with Gasteiger partial charge in [-0.1, -0.05) is 29.8 Å². The molecule has 0 amide bonds. The molecular formula is C14H20ClNO. The van der Waals surface area contributed by atoms with Gasteiger partial charge < -0.3 is 10.1 Å². The van der Waals surface area contributed by atoms with Crippen molar-refractivity contribution in [1.82, 2.24) is 5.32 Å². The molecule has 1 N–H and O–H groups in total. The molecule has 0 saturated heterocycles. The maximum absolute atomic E-state index is 6.18. The van der Waals surface area contributed by atoms with Gasteiger partial charge in [-0.3, -0.25) is 0 Å². The number of halogens is 1. The molecule has 0 spiro atoms. The van der Waals surface area contributed by atoms with Crippen molar-refractivity contribution < 1.29 is 4.74 Å². The molecule has 94 valence electrons. The first-order chi connectivity index (χ1) is 8.20. The largest absolute Gasteiger partial charge is 0.378 e. The Hall–Kier alpha value is -0.570. The molecule has 0 bridgehead atoms. The van der Waals surface area contributed by atoms with Crippen LogP contribution in [0.25, 0.3) is 0 Å². The molecule has 1 aromatic carbocycles. The summed E-state index contributed by atoms with van der Waals surface area (Å²) in [6.45, 7) is 5.03. The van der Waals surface area contributed by atoms with Crippen molar-refractivity contribution in [2.75, 3.05) is 6.61 Å². The molecule has 1 aliphatic rings. The molecule has 1 aromatic rings. The van der Waals surface area contributed by atoms with Crippen LogP contribution in [0.15, 0.2) is 24.3 Å². The van der Waals surface area contributed by atoms with E-state index in [9.17, 15) is 0 Å². The summed E-state index contributed by atoms with van der Waals surface area (Å²) < 4.78 is 5.55. The summed E-state index contributed by atoms with van der Waals surface area (Å²) in [6.07, 6.45) is 2.68. The van der Waals surface area contributed by atoms with Crippen LogP contribution in [0.3, 0.4) is 0 Å². The van der Waals surface area contributed by atoms with E-state index in [1.54, 1.807) is 0 Å². The van der Waals surface area contributed by atoms with Crippen LogP contribution in [0.5, 0.6) is 0 Å². The number of rotatable bonds is 5. The zero-order valence-electron chi connectivity index (χ0n) is 10.4. The first-order valence-electron chi connectivity index (χ1n) is 6.32. The Bertz CT molecular complexity index is 363. The molecule has 1 aliphatic carbocycles. The van der Waals surface area contributed by atoms with Crippen LogP contribution in [-0.2, 0) is 4.74 Å². The van der Waals surface area contributed by atoms with Gasteiger partial charge in [-0.25, -0.2) is 0 Å². The average molecular weight is 254 g/mol. The molecular weight excluding hydrogens is 234 g/mol. The summed E-state index contributed by atoms with van der Waals surface area (Å²) in [7, 11) is 0. The van der Waals surface area contributed by atoms with E-state index in [1.165, 1.54) is 5.56 Å². The zero-order valence-corrected chi connectivity index (χ0v) is 11.2. The van der Waals surface area contributed by atoms with Crippen molar-refractivity contribution in [3.63, 3.8) is 0 Å². The van der Waals surface area contributed by atoms with E-state index in [2.05, 4.69) is 18.3 Å². The fourth-order valence-electron chi connectivity index (χ4n) is 2.34. The lowest BCUT2D eigenvalue weighted by molar-refractivity contribution is -0.0120. The minimum absolute atomic E-state index is 0.302. The molecule has 2 nitrogen and oxygen atoms in total. The second-order valence-electron chi connectivity index (χ2n) is 4.66. The predicted molar refractivity (Wildman–Crippen MR) is 71.4 cm³/mol. The topological polar surface area (TPSA) is 21.3 Å². The molecule has 17 heavy (non-hydrogen) atoms. The number of ether oxygens (including phenoxy) is 1. The van der Waals surface area contributed by atoms with E-state index in [-0.39, 0.29) is 0 Å². The Labute approximate surface area is 108 Å². The van der Waals surface area contributed by atoms with Gasteiger partial charge in [0, 0.05) is 23.7 Å². The summed E-state index contributed by atoms with van der Waals surface area (Å²) in [5.74, 6) is 0. The van der Waals surface area contributed by atoms with Gasteiger partial charge in [0.05, 0.1) is 6.10 Å². The molecule has 3 heteroatoms. The van der Waals surface area contributed by atoms with Gasteiger partial charge in [-0.15, -0.1) is 0 Å². The Morgan fingerprint density at radius 3 is 2.76 bits per heavy atom. The van der Waals surface area contributed by atoms with Gasteiger partial charge in [-0.2, -0.15) is 0 Å². The monoisotopic (exact) mass is 253 g/mol. The Morgan fingerprint density at radius 2 is 2.12 bits per heavy atom. The first kappa shape index (κ1) is 12.9. The van der Waals surface area contributed by atoms with Gasteiger partial charge in [0.1, 0.15) is 0 Å². The van der Waals surface area contributed by atoms with E-state index in [1.807, 2.05) is 25.1 Å². The van der Waals surface area contributed by atoms with Crippen LogP contribution in [0.2, 0.25) is 5.02 Å². The second-order valence-corrected chi connectivity index (χ2v) is 5.06. The average Bonchev–Trinajstić information content (AvgIpc) is 2.26. The van der Waals surface area contributed by atoms with Crippen LogP contribution >= 0.6 is 11.6 Å². The summed E-state index contributed by atoms with van der Waals surface area (Å²) >= 11 is 6.18. The Kier molecular flexibility index (Phi) is 4.43. The minimum Gasteiger partial charge on any atom is -0.378 e. The normalized spacial score (nSPS) is 25.4. The number of hydrogen-bond acceptors (Lipinski definition) is 2. The molecule has 1 unspecified atom stereocenters. The molecule has 0 radical (unpaired) electrons. The lowest BCUT2D eigenvalue weighted by Gasteiger charge is -2.37. The quantitative estimate of drug-likeness (QED) is 0.867. The second kappa shape index (κ2) is 5.85. The van der Waals surface area contributed by atoms with Gasteiger partial charge in [0.15, 0.2) is 0 Å². The highest BCUT2D eigenvalue weighted by atomic mass is 35.5. The number of benzene rings is 1. The number of hydrogen-bond donors (Lipinski definition) is 1. The minimum atomic E-state index is 0.302. The van der Waals surface area contributed by atoms with E-state index >= 15 is 0 Å². The van der Waals surface area contributed by atoms with Crippen molar-refractivity contribution in [2.24, 2.45) is 0 Å². The van der Waals surface area contributed by atoms with Crippen molar-refractivity contribution in [3.05, 3.63) is 34.9 Å². The molecule has 1 fully saturated rings. The van der Waals surface area contributed by atoms with Crippen molar-refractivity contribution in [1.29, 1.82) is 0 Å². The lowest BCUT2D eigenvalue weighted by Crippen LogP contribution is -2.46. The van der Waals surface area contributed by atoms with Crippen LogP contribution in [0.4, 0.5) is 0 Å². The van der Waals surface area contributed by atoms with Crippen LogP contribution in [-0.4, -0.2) is 18.8 Å². The molecule has 0 heterocycles. The van der Waals surface area contributed by atoms with Crippen LogP contribution in [0, 0.1) is 0 Å². The lowest BCUT2D eigenvalue weighted by atomic mass is 9.88. The van der Waals surface area contributed by atoms with Crippen molar-refractivity contribution in [3.8, 4) is 0 Å². The fourth-order valence-corrected chi connectivity index (χ4v) is 2.64. The summed E-state index contributed by atoms with van der Waals surface area (Å²) in [4.78, 5) is 0. The molecule has 1 saturated carbocycles. The maximum atomic E-state index is 6.18. The van der Waals surface area contributed by atoms with E-state index in [0.717, 1.165) is 24.5 Å². The van der Waals surface area contributed by atoms with Crippen LogP contribution < -0.4 is 5.32 Å². The summed E-state index contributed by atoms with van der Waals surface area (Å²) in [5, 5.41) is 4.44. The summed E-state index contributed by atoms with van der Waals surface area (Å²) in [6, 6.07) is 8.89. The van der Waals surface area contributed by atoms with E-state index in [0.29, 0.717) is 18.2 Å². The SMILES string of the molecule is CCOC1CC(NC(C)c2ccccc2Cl)C1. The third-order valence-corrected chi connectivity index (χ3v) is 3.70. The van der Waals surface area contributed by atoms with Gasteiger partial charge in [0.2, 0.25) is 0 Å². The highest BCUT2D eigenvalue weighted by Gasteiger charge is 2.30. The van der Waals surface area contributed by atoms with Crippen molar-refractivity contribution in [2.45, 2.75) is 44.9 Å². The fraction of sp³-hybridized carbons (Fsp3) is 0.571. The summed E-state index contributed by atoms with van der Waals surface area (Å²) in [5.41, 5.74) is 1.18. The maximum Gasteiger partial charge on any atom is 0.0604 e. The van der Waals surface area contributed by atoms with Crippen LogP contribution in [0.1, 0.15) is 38.3 Å². The standard InChI is InChI=1S/C14H20ClNO/c1-3-17-12-8-11(9-12)16-10(2)13-6-4-5-7-14(13)15/h4-7,10-12,16H,3,8-9H2,1-2H3. The highest BCUT2D eigenvalue weighted by molar-refractivity contribution is 6.31. The first-order valence-corrected chi connectivity index (χ1v) is 6.70. The third kappa shape index (κ3) is 3.21. The van der Waals surface area contributed by atoms with Gasteiger partial charge in [-0.05, 0) is 38.3 Å². The Balaban J connectivity index is 1.83. The molecule has 0 aromatic heterocycles. The molecule has 0 aliphatic heterocycles. The Morgan fingerprint density at radius 1 is 1.41 bits per heavy atom. The van der Waals surface area contributed by atoms with Gasteiger partial charge in [0.25, 0.3) is 0 Å². The number of nitrogens with one attached hydrogen (secondary N) is 1. The zero-order chi connectivity index (χ0) is 12.3. The highest BCUT2D eigenvalue weighted by Crippen LogP contribution is 2.28. The van der Waals surface area contributed by atoms with E-state index < -0.39 is 0 Å². The van der Waals surface area contributed by atoms with E-state index in [4.69, 9.17) is 16.3 Å². The third-order valence-electron chi connectivity index (χ3n) is 3.35. The molecule has 2 rings (SSSR count). The predicted octanol–water partition coefficient (Wildman–Crippen LogP) is 3.56. The smallest absolute Gasteiger partial charge is 0.0604 e. The molecule has 1 atom stereocenters. The van der Waals surface area contributed by atoms with Gasteiger partial charge >= 0.3 is 0 Å².